The molecule has 3 aromatic rings. The van der Waals surface area contributed by atoms with Crippen LogP contribution in [0, 0.1) is 0 Å². The molecule has 7 nitrogen and oxygen atoms in total. The Morgan fingerprint density at radius 2 is 1.96 bits per heavy atom. The van der Waals surface area contributed by atoms with E-state index in [2.05, 4.69) is 20.3 Å². The highest BCUT2D eigenvalue weighted by molar-refractivity contribution is 5.73. The molecule has 1 fully saturated rings. The highest BCUT2D eigenvalue weighted by Gasteiger charge is 2.29. The van der Waals surface area contributed by atoms with Crippen molar-refractivity contribution in [2.75, 3.05) is 11.9 Å². The molecule has 0 saturated heterocycles. The molecule has 28 heavy (non-hydrogen) atoms. The summed E-state index contributed by atoms with van der Waals surface area (Å²) in [5.74, 6) is 0.486. The zero-order chi connectivity index (χ0) is 19.7. The summed E-state index contributed by atoms with van der Waals surface area (Å²) in [4.78, 5) is 6.12. The monoisotopic (exact) mass is 382 g/mol. The molecule has 2 aromatic heterocycles. The van der Waals surface area contributed by atoms with E-state index < -0.39 is 6.17 Å². The van der Waals surface area contributed by atoms with Crippen molar-refractivity contribution in [3.63, 3.8) is 0 Å². The molecular formula is C20H23FN6O. The Labute approximate surface area is 162 Å². The van der Waals surface area contributed by atoms with Gasteiger partial charge in [0.1, 0.15) is 17.6 Å². The second-order valence-corrected chi connectivity index (χ2v) is 7.26. The van der Waals surface area contributed by atoms with Gasteiger partial charge in [0.25, 0.3) is 0 Å². The van der Waals surface area contributed by atoms with Crippen LogP contribution >= 0.6 is 0 Å². The maximum atomic E-state index is 14.2. The largest absolute Gasteiger partial charge is 0.507 e. The minimum atomic E-state index is -0.869. The Morgan fingerprint density at radius 1 is 1.14 bits per heavy atom. The van der Waals surface area contributed by atoms with Crippen molar-refractivity contribution in [1.29, 1.82) is 0 Å². The molecule has 1 aliphatic carbocycles. The molecule has 0 unspecified atom stereocenters. The van der Waals surface area contributed by atoms with Crippen LogP contribution in [0.15, 0.2) is 36.8 Å². The van der Waals surface area contributed by atoms with E-state index in [1.54, 1.807) is 41.2 Å². The first-order chi connectivity index (χ1) is 13.5. The fraction of sp³-hybridized carbons (Fsp3) is 0.400. The van der Waals surface area contributed by atoms with E-state index in [1.165, 1.54) is 0 Å². The third-order valence-corrected chi connectivity index (χ3v) is 5.32. The molecule has 1 saturated carbocycles. The third-order valence-electron chi connectivity index (χ3n) is 5.32. The Kier molecular flexibility index (Phi) is 4.93. The fourth-order valence-corrected chi connectivity index (χ4v) is 3.70. The highest BCUT2D eigenvalue weighted by atomic mass is 19.1. The Bertz CT molecular complexity index is 958. The van der Waals surface area contributed by atoms with Crippen LogP contribution in [0.25, 0.3) is 22.4 Å². The normalized spacial score (nSPS) is 19.5. The SMILES string of the molecule is CN(c1ncc(-c2ccc(-c3cnn(C)c3)cc2O)nn1)[C@@H]1CCCC[C@@H]1F. The van der Waals surface area contributed by atoms with Gasteiger partial charge in [-0.1, -0.05) is 18.9 Å². The van der Waals surface area contributed by atoms with Crippen LogP contribution in [0.2, 0.25) is 0 Å². The number of hydrogen-bond donors (Lipinski definition) is 1. The van der Waals surface area contributed by atoms with Gasteiger partial charge in [-0.3, -0.25) is 4.68 Å². The van der Waals surface area contributed by atoms with Gasteiger partial charge in [-0.25, -0.2) is 9.37 Å². The van der Waals surface area contributed by atoms with Crippen LogP contribution in [-0.4, -0.2) is 49.3 Å². The molecule has 1 aliphatic rings. The standard InChI is InChI=1S/C20H23FN6O/c1-26-12-14(10-23-26)13-7-8-15(19(28)9-13)17-11-22-20(25-24-17)27(2)18-6-4-3-5-16(18)21/h7-12,16,18,28H,3-6H2,1-2H3/t16-,18+/m0/s1. The van der Waals surface area contributed by atoms with Gasteiger partial charge in [-0.2, -0.15) is 5.10 Å². The van der Waals surface area contributed by atoms with Crippen molar-refractivity contribution in [3.05, 3.63) is 36.8 Å². The number of anilines is 1. The summed E-state index contributed by atoms with van der Waals surface area (Å²) in [6.07, 6.45) is 7.63. The van der Waals surface area contributed by atoms with Crippen molar-refractivity contribution >= 4 is 5.95 Å². The summed E-state index contributed by atoms with van der Waals surface area (Å²) >= 11 is 0. The molecule has 0 aliphatic heterocycles. The first-order valence-corrected chi connectivity index (χ1v) is 9.42. The van der Waals surface area contributed by atoms with Gasteiger partial charge in [-0.15, -0.1) is 10.2 Å². The van der Waals surface area contributed by atoms with E-state index in [-0.39, 0.29) is 11.8 Å². The van der Waals surface area contributed by atoms with Crippen molar-refractivity contribution < 1.29 is 9.50 Å². The van der Waals surface area contributed by atoms with Gasteiger partial charge >= 0.3 is 0 Å². The maximum absolute atomic E-state index is 14.2. The second-order valence-electron chi connectivity index (χ2n) is 7.26. The molecule has 0 radical (unpaired) electrons. The van der Waals surface area contributed by atoms with Crippen LogP contribution in [0.5, 0.6) is 5.75 Å². The number of alkyl halides is 1. The lowest BCUT2D eigenvalue weighted by molar-refractivity contribution is 0.212. The maximum Gasteiger partial charge on any atom is 0.245 e. The van der Waals surface area contributed by atoms with Gasteiger partial charge in [0, 0.05) is 31.4 Å². The van der Waals surface area contributed by atoms with E-state index in [4.69, 9.17) is 0 Å². The van der Waals surface area contributed by atoms with E-state index >= 15 is 0 Å². The molecule has 0 bridgehead atoms. The summed E-state index contributed by atoms with van der Waals surface area (Å²) < 4.78 is 15.9. The number of aromatic nitrogens is 5. The predicted molar refractivity (Wildman–Crippen MR) is 105 cm³/mol. The molecule has 1 N–H and O–H groups in total. The molecule has 1 aromatic carbocycles. The van der Waals surface area contributed by atoms with Gasteiger partial charge in [0.2, 0.25) is 5.95 Å². The van der Waals surface area contributed by atoms with Crippen LogP contribution in [0.3, 0.4) is 0 Å². The smallest absolute Gasteiger partial charge is 0.245 e. The average molecular weight is 382 g/mol. The number of aromatic hydroxyl groups is 1. The van der Waals surface area contributed by atoms with Crippen LogP contribution in [0.1, 0.15) is 25.7 Å². The molecule has 146 valence electrons. The zero-order valence-corrected chi connectivity index (χ0v) is 16.0. The van der Waals surface area contributed by atoms with Gasteiger partial charge in [-0.05, 0) is 30.5 Å². The number of phenols is 1. The Morgan fingerprint density at radius 3 is 2.61 bits per heavy atom. The summed E-state index contributed by atoms with van der Waals surface area (Å²) in [5.41, 5.74) is 2.78. The average Bonchev–Trinajstić information content (AvgIpc) is 3.14. The fourth-order valence-electron chi connectivity index (χ4n) is 3.70. The van der Waals surface area contributed by atoms with Gasteiger partial charge < -0.3 is 10.0 Å². The van der Waals surface area contributed by atoms with E-state index in [9.17, 15) is 9.50 Å². The first kappa shape index (κ1) is 18.3. The summed E-state index contributed by atoms with van der Waals surface area (Å²) in [5, 5.41) is 23.0. The minimum absolute atomic E-state index is 0.0923. The number of benzene rings is 1. The first-order valence-electron chi connectivity index (χ1n) is 9.42. The molecule has 8 heteroatoms. The number of rotatable bonds is 4. The van der Waals surface area contributed by atoms with Crippen molar-refractivity contribution in [3.8, 4) is 28.1 Å². The number of nitrogens with zero attached hydrogens (tertiary/aromatic N) is 6. The highest BCUT2D eigenvalue weighted by Crippen LogP contribution is 2.32. The molecular weight excluding hydrogens is 359 g/mol. The van der Waals surface area contributed by atoms with Crippen LogP contribution in [0.4, 0.5) is 10.3 Å². The summed E-state index contributed by atoms with van der Waals surface area (Å²) in [7, 11) is 3.65. The topological polar surface area (TPSA) is 80.0 Å². The lowest BCUT2D eigenvalue weighted by atomic mass is 9.93. The van der Waals surface area contributed by atoms with E-state index in [0.29, 0.717) is 23.6 Å². The predicted octanol–water partition coefficient (Wildman–Crippen LogP) is 3.36. The third kappa shape index (κ3) is 3.54. The number of halogens is 1. The molecule has 0 amide bonds. The quantitative estimate of drug-likeness (QED) is 0.745. The molecule has 2 atom stereocenters. The van der Waals surface area contributed by atoms with Crippen molar-refractivity contribution in [2.24, 2.45) is 7.05 Å². The van der Waals surface area contributed by atoms with Gasteiger partial charge in [0.15, 0.2) is 0 Å². The Balaban J connectivity index is 1.55. The van der Waals surface area contributed by atoms with Crippen molar-refractivity contribution in [2.45, 2.75) is 37.9 Å². The minimum Gasteiger partial charge on any atom is -0.507 e. The summed E-state index contributed by atoms with van der Waals surface area (Å²) in [6, 6.07) is 5.13. The second kappa shape index (κ2) is 7.53. The molecule has 0 spiro atoms. The van der Waals surface area contributed by atoms with E-state index in [1.807, 2.05) is 19.3 Å². The number of hydrogen-bond acceptors (Lipinski definition) is 6. The van der Waals surface area contributed by atoms with Crippen LogP contribution < -0.4 is 4.90 Å². The number of phenolic OH excluding ortho intramolecular Hbond substituents is 1. The lowest BCUT2D eigenvalue weighted by Crippen LogP contribution is -2.42. The molecule has 2 heterocycles. The Hall–Kier alpha value is -3.03. The van der Waals surface area contributed by atoms with E-state index in [0.717, 1.165) is 30.4 Å². The summed E-state index contributed by atoms with van der Waals surface area (Å²) in [6.45, 7) is 0. The van der Waals surface area contributed by atoms with Crippen LogP contribution in [-0.2, 0) is 7.05 Å². The number of aryl methyl sites for hydroxylation is 1. The lowest BCUT2D eigenvalue weighted by Gasteiger charge is -2.33. The van der Waals surface area contributed by atoms with Crippen molar-refractivity contribution in [1.82, 2.24) is 25.0 Å². The molecule has 4 rings (SSSR count). The van der Waals surface area contributed by atoms with Gasteiger partial charge in [0.05, 0.1) is 18.4 Å². The zero-order valence-electron chi connectivity index (χ0n) is 16.0.